The molecule has 1 aromatic rings. The standard InChI is InChI=1S/C9H15ClN4/c1-6(2)5-14(3)8-7(11)4-12-9(10)13-8/h4,6H,5,11H2,1-3H3. The van der Waals surface area contributed by atoms with Crippen LogP contribution >= 0.6 is 11.6 Å². The van der Waals surface area contributed by atoms with Crippen LogP contribution in [0.5, 0.6) is 0 Å². The number of halogens is 1. The fourth-order valence-corrected chi connectivity index (χ4v) is 1.43. The number of hydrogen-bond donors (Lipinski definition) is 1. The number of nitrogen functional groups attached to an aromatic ring is 1. The summed E-state index contributed by atoms with van der Waals surface area (Å²) in [5.74, 6) is 1.24. The van der Waals surface area contributed by atoms with Crippen molar-refractivity contribution in [3.05, 3.63) is 11.5 Å². The van der Waals surface area contributed by atoms with Crippen molar-refractivity contribution in [3.63, 3.8) is 0 Å². The van der Waals surface area contributed by atoms with Gasteiger partial charge in [0.2, 0.25) is 5.28 Å². The predicted molar refractivity (Wildman–Crippen MR) is 59.6 cm³/mol. The molecule has 0 aromatic carbocycles. The second kappa shape index (κ2) is 4.46. The molecule has 1 aromatic heterocycles. The van der Waals surface area contributed by atoms with E-state index in [-0.39, 0.29) is 5.28 Å². The maximum atomic E-state index is 5.74. The number of rotatable bonds is 3. The first kappa shape index (κ1) is 11.0. The molecule has 0 spiro atoms. The van der Waals surface area contributed by atoms with Gasteiger partial charge in [-0.05, 0) is 17.5 Å². The molecule has 0 fully saturated rings. The summed E-state index contributed by atoms with van der Waals surface area (Å²) in [6.07, 6.45) is 1.53. The molecule has 1 rings (SSSR count). The molecule has 0 unspecified atom stereocenters. The molecule has 0 aliphatic heterocycles. The molecule has 14 heavy (non-hydrogen) atoms. The number of aromatic nitrogens is 2. The number of nitrogens with zero attached hydrogens (tertiary/aromatic N) is 3. The van der Waals surface area contributed by atoms with E-state index in [4.69, 9.17) is 17.3 Å². The molecule has 0 atom stereocenters. The Morgan fingerprint density at radius 3 is 2.79 bits per heavy atom. The highest BCUT2D eigenvalue weighted by molar-refractivity contribution is 6.28. The maximum Gasteiger partial charge on any atom is 0.224 e. The van der Waals surface area contributed by atoms with Crippen LogP contribution in [0.1, 0.15) is 13.8 Å². The van der Waals surface area contributed by atoms with Gasteiger partial charge in [0, 0.05) is 13.6 Å². The van der Waals surface area contributed by atoms with E-state index in [1.165, 1.54) is 6.20 Å². The van der Waals surface area contributed by atoms with Crippen LogP contribution < -0.4 is 10.6 Å². The van der Waals surface area contributed by atoms with Gasteiger partial charge in [-0.15, -0.1) is 0 Å². The van der Waals surface area contributed by atoms with E-state index in [0.717, 1.165) is 6.54 Å². The molecule has 0 saturated carbocycles. The minimum absolute atomic E-state index is 0.227. The Morgan fingerprint density at radius 2 is 2.21 bits per heavy atom. The van der Waals surface area contributed by atoms with Crippen LogP contribution in [0.25, 0.3) is 0 Å². The highest BCUT2D eigenvalue weighted by Gasteiger charge is 2.09. The molecule has 5 heteroatoms. The van der Waals surface area contributed by atoms with Crippen molar-refractivity contribution in [1.82, 2.24) is 9.97 Å². The second-order valence-electron chi connectivity index (χ2n) is 3.69. The molecule has 78 valence electrons. The summed E-state index contributed by atoms with van der Waals surface area (Å²) in [5.41, 5.74) is 6.29. The average Bonchev–Trinajstić information content (AvgIpc) is 2.08. The van der Waals surface area contributed by atoms with Crippen LogP contribution in [-0.2, 0) is 0 Å². The van der Waals surface area contributed by atoms with Crippen LogP contribution in [0, 0.1) is 5.92 Å². The minimum Gasteiger partial charge on any atom is -0.394 e. The van der Waals surface area contributed by atoms with Crippen molar-refractivity contribution >= 4 is 23.1 Å². The third kappa shape index (κ3) is 2.73. The smallest absolute Gasteiger partial charge is 0.224 e. The van der Waals surface area contributed by atoms with Crippen LogP contribution in [-0.4, -0.2) is 23.6 Å². The van der Waals surface area contributed by atoms with E-state index in [9.17, 15) is 0 Å². The van der Waals surface area contributed by atoms with Gasteiger partial charge in [0.15, 0.2) is 5.82 Å². The summed E-state index contributed by atoms with van der Waals surface area (Å²) in [7, 11) is 1.94. The van der Waals surface area contributed by atoms with Crippen molar-refractivity contribution in [2.24, 2.45) is 5.92 Å². The van der Waals surface area contributed by atoms with Crippen LogP contribution in [0.15, 0.2) is 6.20 Å². The summed E-state index contributed by atoms with van der Waals surface area (Å²) in [5, 5.41) is 0.227. The monoisotopic (exact) mass is 214 g/mol. The summed E-state index contributed by atoms with van der Waals surface area (Å²) >= 11 is 5.69. The molecule has 0 amide bonds. The summed E-state index contributed by atoms with van der Waals surface area (Å²) < 4.78 is 0. The molecular formula is C9H15ClN4. The minimum atomic E-state index is 0.227. The highest BCUT2D eigenvalue weighted by atomic mass is 35.5. The lowest BCUT2D eigenvalue weighted by Gasteiger charge is -2.21. The number of nitrogens with two attached hydrogens (primary N) is 1. The van der Waals surface area contributed by atoms with Gasteiger partial charge in [-0.2, -0.15) is 4.98 Å². The van der Waals surface area contributed by atoms with E-state index in [2.05, 4.69) is 23.8 Å². The van der Waals surface area contributed by atoms with Gasteiger partial charge in [0.1, 0.15) is 0 Å². The normalized spacial score (nSPS) is 10.6. The zero-order chi connectivity index (χ0) is 10.7. The lowest BCUT2D eigenvalue weighted by atomic mass is 10.2. The van der Waals surface area contributed by atoms with E-state index >= 15 is 0 Å². The molecule has 0 aliphatic carbocycles. The number of anilines is 2. The van der Waals surface area contributed by atoms with Gasteiger partial charge in [-0.1, -0.05) is 13.8 Å². The van der Waals surface area contributed by atoms with Gasteiger partial charge in [-0.25, -0.2) is 4.98 Å². The Bertz CT molecular complexity index is 314. The molecule has 1 heterocycles. The highest BCUT2D eigenvalue weighted by Crippen LogP contribution is 2.20. The molecule has 0 radical (unpaired) electrons. The van der Waals surface area contributed by atoms with Gasteiger partial charge >= 0.3 is 0 Å². The quantitative estimate of drug-likeness (QED) is 0.780. The fraction of sp³-hybridized carbons (Fsp3) is 0.556. The second-order valence-corrected chi connectivity index (χ2v) is 4.03. The van der Waals surface area contributed by atoms with Crippen molar-refractivity contribution < 1.29 is 0 Å². The summed E-state index contributed by atoms with van der Waals surface area (Å²) in [6, 6.07) is 0. The van der Waals surface area contributed by atoms with Gasteiger partial charge < -0.3 is 10.6 Å². The Hall–Kier alpha value is -1.03. The first-order chi connectivity index (χ1) is 6.50. The molecule has 2 N–H and O–H groups in total. The van der Waals surface area contributed by atoms with E-state index in [0.29, 0.717) is 17.4 Å². The molecular weight excluding hydrogens is 200 g/mol. The van der Waals surface area contributed by atoms with Crippen molar-refractivity contribution in [3.8, 4) is 0 Å². The molecule has 4 nitrogen and oxygen atoms in total. The molecule has 0 saturated heterocycles. The van der Waals surface area contributed by atoms with Crippen molar-refractivity contribution in [1.29, 1.82) is 0 Å². The van der Waals surface area contributed by atoms with Crippen LogP contribution in [0.3, 0.4) is 0 Å². The Morgan fingerprint density at radius 1 is 1.57 bits per heavy atom. The Balaban J connectivity index is 2.88. The SMILES string of the molecule is CC(C)CN(C)c1nc(Cl)ncc1N. The average molecular weight is 215 g/mol. The third-order valence-corrected chi connectivity index (χ3v) is 1.95. The zero-order valence-electron chi connectivity index (χ0n) is 8.66. The van der Waals surface area contributed by atoms with Crippen LogP contribution in [0.2, 0.25) is 5.28 Å². The van der Waals surface area contributed by atoms with E-state index in [1.807, 2.05) is 11.9 Å². The van der Waals surface area contributed by atoms with Crippen LogP contribution in [0.4, 0.5) is 11.5 Å². The first-order valence-corrected chi connectivity index (χ1v) is 4.87. The lowest BCUT2D eigenvalue weighted by molar-refractivity contribution is 0.635. The van der Waals surface area contributed by atoms with E-state index in [1.54, 1.807) is 0 Å². The zero-order valence-corrected chi connectivity index (χ0v) is 9.41. The summed E-state index contributed by atoms with van der Waals surface area (Å²) in [4.78, 5) is 9.86. The summed E-state index contributed by atoms with van der Waals surface area (Å²) in [6.45, 7) is 5.16. The lowest BCUT2D eigenvalue weighted by Crippen LogP contribution is -2.24. The van der Waals surface area contributed by atoms with Gasteiger partial charge in [-0.3, -0.25) is 0 Å². The van der Waals surface area contributed by atoms with Crippen molar-refractivity contribution in [2.75, 3.05) is 24.2 Å². The predicted octanol–water partition coefficient (Wildman–Crippen LogP) is 1.80. The Labute approximate surface area is 89.1 Å². The van der Waals surface area contributed by atoms with Crippen molar-refractivity contribution in [2.45, 2.75) is 13.8 Å². The molecule has 0 aliphatic rings. The van der Waals surface area contributed by atoms with Gasteiger partial charge in [0.25, 0.3) is 0 Å². The molecule has 0 bridgehead atoms. The topological polar surface area (TPSA) is 55.0 Å². The third-order valence-electron chi connectivity index (χ3n) is 1.77. The van der Waals surface area contributed by atoms with Gasteiger partial charge in [0.05, 0.1) is 11.9 Å². The first-order valence-electron chi connectivity index (χ1n) is 4.50. The fourth-order valence-electron chi connectivity index (χ4n) is 1.30. The number of hydrogen-bond acceptors (Lipinski definition) is 4. The Kier molecular flexibility index (Phi) is 3.52. The largest absolute Gasteiger partial charge is 0.394 e. The maximum absolute atomic E-state index is 5.74. The van der Waals surface area contributed by atoms with E-state index < -0.39 is 0 Å².